The molecule has 4 heterocycles. The number of carbonyl (C=O) groups excluding carboxylic acids is 1. The van der Waals surface area contributed by atoms with Crippen molar-refractivity contribution < 1.29 is 14.3 Å². The summed E-state index contributed by atoms with van der Waals surface area (Å²) in [6.45, 7) is 3.17. The van der Waals surface area contributed by atoms with E-state index in [4.69, 9.17) is 14.5 Å². The molecule has 0 bridgehead atoms. The van der Waals surface area contributed by atoms with E-state index in [1.165, 1.54) is 0 Å². The summed E-state index contributed by atoms with van der Waals surface area (Å²) in [5.74, 6) is 1.86. The number of aromatic nitrogens is 4. The van der Waals surface area contributed by atoms with Crippen molar-refractivity contribution in [3.63, 3.8) is 0 Å². The molecule has 2 aliphatic heterocycles. The molecule has 6 rings (SSSR count). The lowest BCUT2D eigenvalue weighted by molar-refractivity contribution is -0.138. The molecule has 10 nitrogen and oxygen atoms in total. The molecule has 2 saturated heterocycles. The van der Waals surface area contributed by atoms with Crippen molar-refractivity contribution in [3.8, 4) is 22.8 Å². The molecule has 2 fully saturated rings. The van der Waals surface area contributed by atoms with Crippen LogP contribution in [0.3, 0.4) is 0 Å². The molecular weight excluding hydrogens is 482 g/mol. The van der Waals surface area contributed by atoms with Crippen LogP contribution in [-0.4, -0.2) is 71.0 Å². The maximum atomic E-state index is 12.5. The van der Waals surface area contributed by atoms with Gasteiger partial charge in [0, 0.05) is 67.5 Å². The number of hydrogen-bond acceptors (Lipinski definition) is 8. The Bertz CT molecular complexity index is 1440. The smallest absolute Gasteiger partial charge is 0.228 e. The van der Waals surface area contributed by atoms with Gasteiger partial charge in [0.1, 0.15) is 11.5 Å². The normalized spacial score (nSPS) is 16.3. The Morgan fingerprint density at radius 2 is 1.74 bits per heavy atom. The maximum absolute atomic E-state index is 12.5. The molecule has 2 aromatic heterocycles. The number of anilines is 2. The third-order valence-corrected chi connectivity index (χ3v) is 7.36. The van der Waals surface area contributed by atoms with Gasteiger partial charge in [-0.1, -0.05) is 0 Å². The van der Waals surface area contributed by atoms with Gasteiger partial charge in [0.15, 0.2) is 0 Å². The van der Waals surface area contributed by atoms with Gasteiger partial charge in [0.2, 0.25) is 5.91 Å². The van der Waals surface area contributed by atoms with Crippen molar-refractivity contribution in [1.82, 2.24) is 30.0 Å². The fourth-order valence-electron chi connectivity index (χ4n) is 5.02. The van der Waals surface area contributed by atoms with Gasteiger partial charge >= 0.3 is 0 Å². The minimum Gasteiger partial charge on any atom is -0.497 e. The van der Waals surface area contributed by atoms with Gasteiger partial charge in [-0.25, -0.2) is 4.98 Å². The standard InChI is InChI=1S/C28H31N7O3/c1-37-23-9-21(10-24(12-23)38-2)32-20-3-4-25-26(11-20)33-27(16-30-25)19-15-31-35(17-19)22-5-7-34(8-6-22)28(36)18-13-29-14-18/h3-4,9-12,15-18,22,29,32H,5-8,13-14H2,1-2H3. The first kappa shape index (κ1) is 24.2. The first-order valence-electron chi connectivity index (χ1n) is 12.9. The van der Waals surface area contributed by atoms with Crippen LogP contribution in [0.25, 0.3) is 22.3 Å². The highest BCUT2D eigenvalue weighted by molar-refractivity contribution is 5.82. The summed E-state index contributed by atoms with van der Waals surface area (Å²) < 4.78 is 12.8. The number of ether oxygens (including phenoxy) is 2. The number of benzene rings is 2. The van der Waals surface area contributed by atoms with E-state index >= 15 is 0 Å². The summed E-state index contributed by atoms with van der Waals surface area (Å²) in [6, 6.07) is 11.8. The Morgan fingerprint density at radius 3 is 2.42 bits per heavy atom. The number of fused-ring (bicyclic) bond motifs is 1. The molecule has 0 unspecified atom stereocenters. The number of nitrogens with zero attached hydrogens (tertiary/aromatic N) is 5. The predicted molar refractivity (Wildman–Crippen MR) is 145 cm³/mol. The Labute approximate surface area is 221 Å². The fourth-order valence-corrected chi connectivity index (χ4v) is 5.02. The van der Waals surface area contributed by atoms with Gasteiger partial charge in [-0.15, -0.1) is 0 Å². The second-order valence-electron chi connectivity index (χ2n) is 9.81. The fraction of sp³-hybridized carbons (Fsp3) is 0.357. The van der Waals surface area contributed by atoms with Crippen molar-refractivity contribution >= 4 is 28.3 Å². The molecule has 4 aromatic rings. The summed E-state index contributed by atoms with van der Waals surface area (Å²) in [7, 11) is 3.26. The molecule has 0 atom stereocenters. The number of methoxy groups -OCH3 is 2. The molecule has 2 aliphatic rings. The topological polar surface area (TPSA) is 106 Å². The van der Waals surface area contributed by atoms with Crippen LogP contribution in [0.15, 0.2) is 55.0 Å². The Kier molecular flexibility index (Phi) is 6.55. The summed E-state index contributed by atoms with van der Waals surface area (Å²) in [5, 5.41) is 11.2. The molecule has 10 heteroatoms. The van der Waals surface area contributed by atoms with E-state index in [1.54, 1.807) is 20.4 Å². The van der Waals surface area contributed by atoms with Crippen LogP contribution < -0.4 is 20.1 Å². The van der Waals surface area contributed by atoms with Gasteiger partial charge in [-0.3, -0.25) is 14.5 Å². The molecule has 2 N–H and O–H groups in total. The highest BCUT2D eigenvalue weighted by Gasteiger charge is 2.32. The van der Waals surface area contributed by atoms with Crippen LogP contribution in [0, 0.1) is 5.92 Å². The van der Waals surface area contributed by atoms with Crippen LogP contribution in [-0.2, 0) is 4.79 Å². The van der Waals surface area contributed by atoms with Crippen molar-refractivity contribution in [2.75, 3.05) is 45.7 Å². The molecular formula is C28H31N7O3. The van der Waals surface area contributed by atoms with Gasteiger partial charge < -0.3 is 25.0 Å². The van der Waals surface area contributed by atoms with E-state index in [2.05, 4.69) is 20.7 Å². The first-order valence-corrected chi connectivity index (χ1v) is 12.9. The second-order valence-corrected chi connectivity index (χ2v) is 9.81. The zero-order chi connectivity index (χ0) is 26.1. The van der Waals surface area contributed by atoms with E-state index in [0.29, 0.717) is 11.5 Å². The summed E-state index contributed by atoms with van der Waals surface area (Å²) >= 11 is 0. The molecule has 196 valence electrons. The van der Waals surface area contributed by atoms with Crippen molar-refractivity contribution in [2.24, 2.45) is 5.92 Å². The predicted octanol–water partition coefficient (Wildman–Crippen LogP) is 3.64. The molecule has 0 spiro atoms. The van der Waals surface area contributed by atoms with Crippen molar-refractivity contribution in [3.05, 3.63) is 55.0 Å². The summed E-state index contributed by atoms with van der Waals surface area (Å²) in [6.07, 6.45) is 7.48. The third-order valence-electron chi connectivity index (χ3n) is 7.36. The molecule has 0 saturated carbocycles. The Morgan fingerprint density at radius 1 is 0.974 bits per heavy atom. The number of nitrogens with one attached hydrogen (secondary N) is 2. The number of piperidine rings is 1. The van der Waals surface area contributed by atoms with E-state index in [9.17, 15) is 4.79 Å². The van der Waals surface area contributed by atoms with Gasteiger partial charge in [0.25, 0.3) is 0 Å². The highest BCUT2D eigenvalue weighted by Crippen LogP contribution is 2.30. The second kappa shape index (κ2) is 10.3. The van der Waals surface area contributed by atoms with Gasteiger partial charge in [0.05, 0.1) is 55.3 Å². The largest absolute Gasteiger partial charge is 0.497 e. The molecule has 0 radical (unpaired) electrons. The molecule has 2 aromatic carbocycles. The number of amides is 1. The van der Waals surface area contributed by atoms with Crippen LogP contribution in [0.5, 0.6) is 11.5 Å². The average Bonchev–Trinajstić information content (AvgIpc) is 3.42. The quantitative estimate of drug-likeness (QED) is 0.386. The minimum absolute atomic E-state index is 0.156. The number of likely N-dealkylation sites (tertiary alicyclic amines) is 1. The molecule has 38 heavy (non-hydrogen) atoms. The lowest BCUT2D eigenvalue weighted by Gasteiger charge is -2.37. The Balaban J connectivity index is 1.17. The molecule has 0 aliphatic carbocycles. The van der Waals surface area contributed by atoms with Crippen LogP contribution in [0.2, 0.25) is 0 Å². The monoisotopic (exact) mass is 513 g/mol. The van der Waals surface area contributed by atoms with E-state index in [0.717, 1.165) is 72.7 Å². The number of hydrogen-bond donors (Lipinski definition) is 2. The SMILES string of the molecule is COc1cc(Nc2ccc3ncc(-c4cnn(C5CCN(C(=O)C6CNC6)CC5)c4)nc3c2)cc(OC)c1. The third kappa shape index (κ3) is 4.87. The van der Waals surface area contributed by atoms with E-state index in [-0.39, 0.29) is 17.9 Å². The number of carbonyl (C=O) groups is 1. The minimum atomic E-state index is 0.156. The molecule has 1 amide bonds. The maximum Gasteiger partial charge on any atom is 0.228 e. The average molecular weight is 514 g/mol. The summed E-state index contributed by atoms with van der Waals surface area (Å²) in [4.78, 5) is 24.0. The zero-order valence-electron chi connectivity index (χ0n) is 21.6. The van der Waals surface area contributed by atoms with E-state index < -0.39 is 0 Å². The van der Waals surface area contributed by atoms with Crippen molar-refractivity contribution in [2.45, 2.75) is 18.9 Å². The summed E-state index contributed by atoms with van der Waals surface area (Å²) in [5.41, 5.74) is 5.03. The zero-order valence-corrected chi connectivity index (χ0v) is 21.6. The van der Waals surface area contributed by atoms with Crippen molar-refractivity contribution in [1.29, 1.82) is 0 Å². The van der Waals surface area contributed by atoms with E-state index in [1.807, 2.05) is 58.4 Å². The van der Waals surface area contributed by atoms with Crippen LogP contribution in [0.4, 0.5) is 11.4 Å². The highest BCUT2D eigenvalue weighted by atomic mass is 16.5. The first-order chi connectivity index (χ1) is 18.6. The van der Waals surface area contributed by atoms with Crippen LogP contribution in [0.1, 0.15) is 18.9 Å². The Hall–Kier alpha value is -4.18. The van der Waals surface area contributed by atoms with Gasteiger partial charge in [-0.2, -0.15) is 5.10 Å². The lowest BCUT2D eigenvalue weighted by Crippen LogP contribution is -2.53. The van der Waals surface area contributed by atoms with Gasteiger partial charge in [-0.05, 0) is 31.0 Å². The van der Waals surface area contributed by atoms with Crippen LogP contribution >= 0.6 is 0 Å². The number of rotatable bonds is 7. The lowest BCUT2D eigenvalue weighted by atomic mass is 9.98.